The molecule has 2 atom stereocenters. The number of nitrogens with zero attached hydrogens (tertiary/aromatic N) is 2. The highest BCUT2D eigenvalue weighted by Crippen LogP contribution is 2.36. The van der Waals surface area contributed by atoms with Crippen molar-refractivity contribution in [1.82, 2.24) is 4.90 Å². The third kappa shape index (κ3) is 2.87. The van der Waals surface area contributed by atoms with E-state index < -0.39 is 18.1 Å². The van der Waals surface area contributed by atoms with Crippen molar-refractivity contribution >= 4 is 29.1 Å². The monoisotopic (exact) mass is 346 g/mol. The van der Waals surface area contributed by atoms with Gasteiger partial charge in [-0.2, -0.15) is 11.3 Å². The summed E-state index contributed by atoms with van der Waals surface area (Å²) < 4.78 is 10.3. The number of allylic oxidation sites excluding steroid dienone is 2. The van der Waals surface area contributed by atoms with Crippen molar-refractivity contribution in [2.75, 3.05) is 13.2 Å². The van der Waals surface area contributed by atoms with Crippen LogP contribution in [0, 0.1) is 0 Å². The molecule has 0 radical (unpaired) electrons. The van der Waals surface area contributed by atoms with Gasteiger partial charge in [0, 0.05) is 6.20 Å². The Bertz CT molecular complexity index is 721. The van der Waals surface area contributed by atoms with E-state index in [4.69, 9.17) is 9.47 Å². The molecule has 0 N–H and O–H groups in total. The van der Waals surface area contributed by atoms with Gasteiger partial charge in [0.2, 0.25) is 0 Å². The molecule has 0 bridgehead atoms. The predicted molar refractivity (Wildman–Crippen MR) is 90.6 cm³/mol. The van der Waals surface area contributed by atoms with Gasteiger partial charge in [0.25, 0.3) is 0 Å². The van der Waals surface area contributed by atoms with E-state index in [0.717, 1.165) is 5.56 Å². The average Bonchev–Trinajstić information content (AvgIpc) is 3.22. The van der Waals surface area contributed by atoms with E-state index in [9.17, 15) is 9.59 Å². The van der Waals surface area contributed by atoms with Crippen molar-refractivity contribution in [2.24, 2.45) is 4.99 Å². The largest absolute Gasteiger partial charge is 0.464 e. The Hall–Kier alpha value is -2.41. The number of aliphatic imine (C=N–C) groups is 1. The van der Waals surface area contributed by atoms with Crippen LogP contribution in [0.15, 0.2) is 45.7 Å². The molecule has 126 valence electrons. The van der Waals surface area contributed by atoms with E-state index in [1.54, 1.807) is 37.1 Å². The molecule has 1 aromatic rings. The average molecular weight is 346 g/mol. The quantitative estimate of drug-likeness (QED) is 0.766. The van der Waals surface area contributed by atoms with E-state index in [2.05, 4.69) is 4.99 Å². The zero-order valence-electron chi connectivity index (χ0n) is 13.5. The lowest BCUT2D eigenvalue weighted by atomic mass is 10.0. The summed E-state index contributed by atoms with van der Waals surface area (Å²) in [5.74, 6) is -0.355. The number of carbonyl (C=O) groups is 2. The van der Waals surface area contributed by atoms with Crippen molar-refractivity contribution in [2.45, 2.75) is 25.9 Å². The highest BCUT2D eigenvalue weighted by molar-refractivity contribution is 7.08. The fraction of sp³-hybridized carbons (Fsp3) is 0.353. The Morgan fingerprint density at radius 1 is 1.29 bits per heavy atom. The number of fused-ring (bicyclic) bond motifs is 1. The number of rotatable bonds is 5. The smallest absolute Gasteiger partial charge is 0.341 e. The standard InChI is InChI=1S/C17H18N2O4S/c1-3-22-16(20)12-6-5-8-19-14(17(21)23-4-2)13(18-15(12)19)11-7-9-24-10-11/h5-10,13-14H,3-4H2,1-2H3. The summed E-state index contributed by atoms with van der Waals surface area (Å²) in [4.78, 5) is 31.0. The molecule has 0 aliphatic carbocycles. The molecule has 3 rings (SSSR count). The van der Waals surface area contributed by atoms with Crippen LogP contribution in [-0.2, 0) is 19.1 Å². The van der Waals surface area contributed by atoms with Crippen LogP contribution in [0.2, 0.25) is 0 Å². The first-order valence-electron chi connectivity index (χ1n) is 7.78. The topological polar surface area (TPSA) is 68.2 Å². The molecule has 0 saturated carbocycles. The number of ether oxygens (including phenoxy) is 2. The van der Waals surface area contributed by atoms with Crippen LogP contribution in [0.1, 0.15) is 25.5 Å². The van der Waals surface area contributed by atoms with Crippen LogP contribution >= 0.6 is 11.3 Å². The lowest BCUT2D eigenvalue weighted by Gasteiger charge is -2.27. The second-order valence-corrected chi connectivity index (χ2v) is 5.98. The Kier molecular flexibility index (Phi) is 4.80. The fourth-order valence-corrected chi connectivity index (χ4v) is 3.46. The maximum Gasteiger partial charge on any atom is 0.341 e. The number of esters is 2. The minimum absolute atomic E-state index is 0.280. The van der Waals surface area contributed by atoms with Gasteiger partial charge in [-0.1, -0.05) is 0 Å². The SMILES string of the molecule is CCOC(=O)C1=CC=CN2C1=NC(c1ccsc1)C2C(=O)OCC. The van der Waals surface area contributed by atoms with Crippen molar-refractivity contribution < 1.29 is 19.1 Å². The Morgan fingerprint density at radius 3 is 2.75 bits per heavy atom. The maximum atomic E-state index is 12.5. The molecule has 3 heterocycles. The summed E-state index contributed by atoms with van der Waals surface area (Å²) in [5, 5.41) is 3.89. The first-order chi connectivity index (χ1) is 11.7. The Labute approximate surface area is 144 Å². The van der Waals surface area contributed by atoms with Crippen molar-refractivity contribution in [3.05, 3.63) is 46.3 Å². The minimum atomic E-state index is -0.621. The molecule has 0 fully saturated rings. The summed E-state index contributed by atoms with van der Waals surface area (Å²) in [7, 11) is 0. The zero-order valence-corrected chi connectivity index (χ0v) is 14.3. The lowest BCUT2D eigenvalue weighted by Crippen LogP contribution is -2.42. The first kappa shape index (κ1) is 16.4. The minimum Gasteiger partial charge on any atom is -0.464 e. The number of thiophene rings is 1. The van der Waals surface area contributed by atoms with Crippen LogP contribution < -0.4 is 0 Å². The van der Waals surface area contributed by atoms with Crippen LogP contribution in [-0.4, -0.2) is 41.9 Å². The summed E-state index contributed by atoms with van der Waals surface area (Å²) >= 11 is 1.54. The van der Waals surface area contributed by atoms with Gasteiger partial charge in [-0.15, -0.1) is 0 Å². The van der Waals surface area contributed by atoms with Crippen LogP contribution in [0.5, 0.6) is 0 Å². The summed E-state index contributed by atoms with van der Waals surface area (Å²) in [6.07, 6.45) is 5.12. The van der Waals surface area contributed by atoms with Gasteiger partial charge in [-0.05, 0) is 48.4 Å². The summed E-state index contributed by atoms with van der Waals surface area (Å²) in [6, 6.07) is 0.899. The second kappa shape index (κ2) is 7.00. The highest BCUT2D eigenvalue weighted by atomic mass is 32.1. The molecule has 24 heavy (non-hydrogen) atoms. The number of hydrogen-bond donors (Lipinski definition) is 0. The molecule has 2 unspecified atom stereocenters. The van der Waals surface area contributed by atoms with Crippen LogP contribution in [0.25, 0.3) is 0 Å². The molecule has 0 spiro atoms. The fourth-order valence-electron chi connectivity index (χ4n) is 2.77. The van der Waals surface area contributed by atoms with Crippen LogP contribution in [0.4, 0.5) is 0 Å². The lowest BCUT2D eigenvalue weighted by molar-refractivity contribution is -0.147. The van der Waals surface area contributed by atoms with Crippen LogP contribution in [0.3, 0.4) is 0 Å². The third-order valence-electron chi connectivity index (χ3n) is 3.76. The molecule has 0 amide bonds. The van der Waals surface area contributed by atoms with E-state index in [1.807, 2.05) is 16.8 Å². The maximum absolute atomic E-state index is 12.5. The Balaban J connectivity index is 1.99. The van der Waals surface area contributed by atoms with Gasteiger partial charge in [-0.25, -0.2) is 9.59 Å². The summed E-state index contributed by atoms with van der Waals surface area (Å²) in [6.45, 7) is 4.09. The Morgan fingerprint density at radius 2 is 2.08 bits per heavy atom. The van der Waals surface area contributed by atoms with E-state index >= 15 is 0 Å². The van der Waals surface area contributed by atoms with Gasteiger partial charge in [0.15, 0.2) is 6.04 Å². The van der Waals surface area contributed by atoms with Crippen molar-refractivity contribution in [1.29, 1.82) is 0 Å². The number of amidine groups is 1. The van der Waals surface area contributed by atoms with E-state index in [1.165, 1.54) is 11.3 Å². The van der Waals surface area contributed by atoms with Gasteiger partial charge < -0.3 is 14.4 Å². The molecule has 0 saturated heterocycles. The van der Waals surface area contributed by atoms with E-state index in [-0.39, 0.29) is 12.6 Å². The molecule has 7 heteroatoms. The van der Waals surface area contributed by atoms with Crippen molar-refractivity contribution in [3.8, 4) is 0 Å². The highest BCUT2D eigenvalue weighted by Gasteiger charge is 2.45. The van der Waals surface area contributed by atoms with Gasteiger partial charge in [-0.3, -0.25) is 4.99 Å². The predicted octanol–water partition coefficient (Wildman–Crippen LogP) is 2.45. The van der Waals surface area contributed by atoms with E-state index in [0.29, 0.717) is 18.0 Å². The molecule has 6 nitrogen and oxygen atoms in total. The van der Waals surface area contributed by atoms with Gasteiger partial charge >= 0.3 is 11.9 Å². The normalized spacial score (nSPS) is 21.8. The zero-order chi connectivity index (χ0) is 17.1. The first-order valence-corrected chi connectivity index (χ1v) is 8.72. The molecule has 2 aliphatic rings. The molecule has 2 aliphatic heterocycles. The second-order valence-electron chi connectivity index (χ2n) is 5.20. The number of carbonyl (C=O) groups excluding carboxylic acids is 2. The van der Waals surface area contributed by atoms with Gasteiger partial charge in [0.05, 0.1) is 13.2 Å². The molecule has 1 aromatic heterocycles. The third-order valence-corrected chi connectivity index (χ3v) is 4.46. The molecule has 0 aromatic carbocycles. The molecular formula is C17H18N2O4S. The molecular weight excluding hydrogens is 328 g/mol. The van der Waals surface area contributed by atoms with Gasteiger partial charge in [0.1, 0.15) is 17.5 Å². The summed E-state index contributed by atoms with van der Waals surface area (Å²) in [5.41, 5.74) is 1.28. The van der Waals surface area contributed by atoms with Crippen molar-refractivity contribution in [3.63, 3.8) is 0 Å². The number of hydrogen-bond acceptors (Lipinski definition) is 7.